The average molecular weight is 245 g/mol. The molecule has 1 radical (unpaired) electrons. The molecule has 3 heteroatoms. The number of hydrogen-bond acceptors (Lipinski definition) is 2. The van der Waals surface area contributed by atoms with Gasteiger partial charge in [-0.15, -0.1) is 0 Å². The van der Waals surface area contributed by atoms with Gasteiger partial charge in [-0.3, -0.25) is 5.11 Å². The lowest BCUT2D eigenvalue weighted by atomic mass is 10.2. The summed E-state index contributed by atoms with van der Waals surface area (Å²) in [7, 11) is 0. The van der Waals surface area contributed by atoms with E-state index in [0.717, 1.165) is 5.56 Å². The Morgan fingerprint density at radius 1 is 1.28 bits per heavy atom. The predicted octanol–water partition coefficient (Wildman–Crippen LogP) is 3.36. The van der Waals surface area contributed by atoms with Gasteiger partial charge >= 0.3 is 5.97 Å². The topological polar surface area (TPSA) is 46.2 Å². The summed E-state index contributed by atoms with van der Waals surface area (Å²) in [6.45, 7) is 3.38. The van der Waals surface area contributed by atoms with Crippen molar-refractivity contribution in [1.82, 2.24) is 0 Å². The number of allylic oxidation sites excluding steroid dienone is 1. The number of rotatable bonds is 5. The quantitative estimate of drug-likeness (QED) is 0.453. The third kappa shape index (κ3) is 4.45. The van der Waals surface area contributed by atoms with Crippen LogP contribution in [0, 0.1) is 0 Å². The SMILES string of the molecule is CCC([O])=C(C)C(=O)OC/C=C/c1ccccc1. The molecule has 18 heavy (non-hydrogen) atoms. The minimum atomic E-state index is -0.542. The van der Waals surface area contributed by atoms with Crippen molar-refractivity contribution in [3.05, 3.63) is 53.3 Å². The molecule has 0 unspecified atom stereocenters. The van der Waals surface area contributed by atoms with Crippen LogP contribution in [0.25, 0.3) is 6.08 Å². The van der Waals surface area contributed by atoms with E-state index in [0.29, 0.717) is 6.42 Å². The van der Waals surface area contributed by atoms with Crippen LogP contribution in [-0.2, 0) is 14.6 Å². The highest BCUT2D eigenvalue weighted by Crippen LogP contribution is 2.07. The Balaban J connectivity index is 2.43. The van der Waals surface area contributed by atoms with Gasteiger partial charge in [-0.05, 0) is 18.6 Å². The maximum atomic E-state index is 11.4. The molecule has 0 fully saturated rings. The first-order valence-electron chi connectivity index (χ1n) is 5.90. The number of esters is 1. The summed E-state index contributed by atoms with van der Waals surface area (Å²) in [5.74, 6) is -0.716. The molecule has 0 N–H and O–H groups in total. The van der Waals surface area contributed by atoms with Crippen molar-refractivity contribution in [2.75, 3.05) is 6.61 Å². The number of hydrogen-bond donors (Lipinski definition) is 0. The molecule has 95 valence electrons. The molecule has 0 aliphatic rings. The largest absolute Gasteiger partial charge is 0.458 e. The van der Waals surface area contributed by atoms with Crippen LogP contribution in [0.5, 0.6) is 0 Å². The highest BCUT2D eigenvalue weighted by atomic mass is 16.5. The Hall–Kier alpha value is -2.03. The molecule has 1 rings (SSSR count). The Labute approximate surface area is 107 Å². The minimum absolute atomic E-state index is 0.158. The number of carbonyl (C=O) groups excluding carboxylic acids is 1. The monoisotopic (exact) mass is 245 g/mol. The van der Waals surface area contributed by atoms with Crippen LogP contribution in [0.15, 0.2) is 47.7 Å². The molecule has 0 saturated carbocycles. The fourth-order valence-electron chi connectivity index (χ4n) is 1.36. The lowest BCUT2D eigenvalue weighted by Gasteiger charge is -2.02. The zero-order valence-electron chi connectivity index (χ0n) is 10.7. The average Bonchev–Trinajstić information content (AvgIpc) is 2.42. The lowest BCUT2D eigenvalue weighted by molar-refractivity contribution is -0.138. The maximum Gasteiger partial charge on any atom is 0.337 e. The molecule has 0 aliphatic carbocycles. The van der Waals surface area contributed by atoms with Gasteiger partial charge < -0.3 is 4.74 Å². The lowest BCUT2D eigenvalue weighted by Crippen LogP contribution is -2.07. The second kappa shape index (κ2) is 7.33. The zero-order valence-corrected chi connectivity index (χ0v) is 10.7. The van der Waals surface area contributed by atoms with E-state index in [1.807, 2.05) is 36.4 Å². The maximum absolute atomic E-state index is 11.4. The third-order valence-electron chi connectivity index (χ3n) is 2.47. The minimum Gasteiger partial charge on any atom is -0.458 e. The van der Waals surface area contributed by atoms with Crippen LogP contribution in [0.1, 0.15) is 25.8 Å². The van der Waals surface area contributed by atoms with Crippen LogP contribution in [-0.4, -0.2) is 12.6 Å². The van der Waals surface area contributed by atoms with E-state index in [4.69, 9.17) is 4.74 Å². The van der Waals surface area contributed by atoms with Crippen molar-refractivity contribution in [2.45, 2.75) is 20.3 Å². The number of ether oxygens (including phenoxy) is 1. The van der Waals surface area contributed by atoms with Gasteiger partial charge in [0.25, 0.3) is 0 Å². The third-order valence-corrected chi connectivity index (χ3v) is 2.47. The van der Waals surface area contributed by atoms with E-state index in [9.17, 15) is 9.90 Å². The van der Waals surface area contributed by atoms with Gasteiger partial charge in [0.2, 0.25) is 0 Å². The van der Waals surface area contributed by atoms with E-state index in [1.54, 1.807) is 13.0 Å². The van der Waals surface area contributed by atoms with Gasteiger partial charge in [0.05, 0.1) is 5.57 Å². The standard InChI is InChI=1S/C15H17O3/c1-3-14(16)12(2)15(17)18-11-7-10-13-8-5-4-6-9-13/h4-10H,3,11H2,1-2H3/b10-7+,14-12?. The van der Waals surface area contributed by atoms with Gasteiger partial charge in [0.1, 0.15) is 6.61 Å². The molecule has 0 bridgehead atoms. The van der Waals surface area contributed by atoms with Crippen molar-refractivity contribution in [1.29, 1.82) is 0 Å². The smallest absolute Gasteiger partial charge is 0.337 e. The summed E-state index contributed by atoms with van der Waals surface area (Å²) in [5.41, 5.74) is 1.20. The molecule has 1 aromatic rings. The molecule has 1 aromatic carbocycles. The van der Waals surface area contributed by atoms with E-state index in [2.05, 4.69) is 0 Å². The fourth-order valence-corrected chi connectivity index (χ4v) is 1.36. The summed E-state index contributed by atoms with van der Waals surface area (Å²) in [5, 5.41) is 11.3. The van der Waals surface area contributed by atoms with Crippen molar-refractivity contribution in [2.24, 2.45) is 0 Å². The van der Waals surface area contributed by atoms with Gasteiger partial charge in [-0.1, -0.05) is 43.3 Å². The molecule has 0 aromatic heterocycles. The molecule has 0 amide bonds. The Morgan fingerprint density at radius 2 is 1.94 bits per heavy atom. The summed E-state index contributed by atoms with van der Waals surface area (Å²) < 4.78 is 4.96. The van der Waals surface area contributed by atoms with Crippen LogP contribution >= 0.6 is 0 Å². The number of benzene rings is 1. The molecule has 0 heterocycles. The van der Waals surface area contributed by atoms with Crippen molar-refractivity contribution < 1.29 is 14.6 Å². The van der Waals surface area contributed by atoms with Crippen molar-refractivity contribution >= 4 is 12.0 Å². The second-order valence-corrected chi connectivity index (χ2v) is 3.81. The van der Waals surface area contributed by atoms with Crippen LogP contribution < -0.4 is 0 Å². The van der Waals surface area contributed by atoms with E-state index in [-0.39, 0.29) is 17.9 Å². The first kappa shape index (κ1) is 14.0. The molecule has 0 aliphatic heterocycles. The van der Waals surface area contributed by atoms with Crippen LogP contribution in [0.4, 0.5) is 0 Å². The predicted molar refractivity (Wildman–Crippen MR) is 70.1 cm³/mol. The van der Waals surface area contributed by atoms with Gasteiger partial charge in [-0.25, -0.2) is 4.79 Å². The van der Waals surface area contributed by atoms with Crippen LogP contribution in [0.2, 0.25) is 0 Å². The van der Waals surface area contributed by atoms with E-state index in [1.165, 1.54) is 6.92 Å². The molecule has 0 saturated heterocycles. The van der Waals surface area contributed by atoms with E-state index >= 15 is 0 Å². The summed E-state index contributed by atoms with van der Waals surface area (Å²) >= 11 is 0. The van der Waals surface area contributed by atoms with E-state index < -0.39 is 5.97 Å². The van der Waals surface area contributed by atoms with Crippen molar-refractivity contribution in [3.8, 4) is 0 Å². The Bertz CT molecular complexity index is 444. The highest BCUT2D eigenvalue weighted by Gasteiger charge is 2.10. The zero-order chi connectivity index (χ0) is 13.4. The molecule has 0 atom stereocenters. The molecular weight excluding hydrogens is 228 g/mol. The van der Waals surface area contributed by atoms with Gasteiger partial charge in [0.15, 0.2) is 5.76 Å². The summed E-state index contributed by atoms with van der Waals surface area (Å²) in [4.78, 5) is 11.4. The van der Waals surface area contributed by atoms with Crippen molar-refractivity contribution in [3.63, 3.8) is 0 Å². The Morgan fingerprint density at radius 3 is 2.56 bits per heavy atom. The Kier molecular flexibility index (Phi) is 5.71. The molecular formula is C15H17O3. The normalized spacial score (nSPS) is 12.3. The second-order valence-electron chi connectivity index (χ2n) is 3.81. The van der Waals surface area contributed by atoms with Crippen LogP contribution in [0.3, 0.4) is 0 Å². The first-order chi connectivity index (χ1) is 8.65. The van der Waals surface area contributed by atoms with Gasteiger partial charge in [0, 0.05) is 6.42 Å². The summed E-state index contributed by atoms with van der Waals surface area (Å²) in [6.07, 6.45) is 3.93. The fraction of sp³-hybridized carbons (Fsp3) is 0.267. The highest BCUT2D eigenvalue weighted by molar-refractivity contribution is 5.88. The van der Waals surface area contributed by atoms with Gasteiger partial charge in [-0.2, -0.15) is 0 Å². The summed E-state index contributed by atoms with van der Waals surface area (Å²) in [6, 6.07) is 9.71. The number of carbonyl (C=O) groups is 1. The first-order valence-corrected chi connectivity index (χ1v) is 5.90. The molecule has 0 spiro atoms. The molecule has 3 nitrogen and oxygen atoms in total.